The van der Waals surface area contributed by atoms with Crippen molar-refractivity contribution in [3.05, 3.63) is 22.8 Å². The van der Waals surface area contributed by atoms with Crippen LogP contribution >= 0.6 is 27.7 Å². The van der Waals surface area contributed by atoms with E-state index in [0.717, 1.165) is 35.4 Å². The Hall–Kier alpha value is -0.750. The van der Waals surface area contributed by atoms with Crippen molar-refractivity contribution in [3.8, 4) is 0 Å². The van der Waals surface area contributed by atoms with Crippen molar-refractivity contribution >= 4 is 33.8 Å². The molecule has 116 valence electrons. The SMILES string of the molecule is CC(C)(C)OC(=O)N1CCC(Sc2ncccc2Br)CC1. The van der Waals surface area contributed by atoms with E-state index in [-0.39, 0.29) is 6.09 Å². The molecule has 1 amide bonds. The largest absolute Gasteiger partial charge is 0.444 e. The molecule has 4 nitrogen and oxygen atoms in total. The molecule has 1 aliphatic heterocycles. The number of nitrogens with zero attached hydrogens (tertiary/aromatic N) is 2. The number of rotatable bonds is 2. The van der Waals surface area contributed by atoms with Crippen LogP contribution in [-0.2, 0) is 4.74 Å². The molecule has 1 saturated heterocycles. The second-order valence-corrected chi connectivity index (χ2v) is 8.22. The van der Waals surface area contributed by atoms with Crippen LogP contribution in [0.4, 0.5) is 4.79 Å². The molecule has 1 aromatic heterocycles. The van der Waals surface area contributed by atoms with E-state index in [4.69, 9.17) is 4.74 Å². The molecule has 0 aromatic carbocycles. The summed E-state index contributed by atoms with van der Waals surface area (Å²) >= 11 is 5.30. The van der Waals surface area contributed by atoms with Crippen molar-refractivity contribution in [2.24, 2.45) is 0 Å². The van der Waals surface area contributed by atoms with Gasteiger partial charge in [0.2, 0.25) is 0 Å². The zero-order chi connectivity index (χ0) is 15.5. The highest BCUT2D eigenvalue weighted by molar-refractivity contribution is 9.10. The second kappa shape index (κ2) is 7.01. The van der Waals surface area contributed by atoms with Gasteiger partial charge in [0.15, 0.2) is 0 Å². The molecule has 21 heavy (non-hydrogen) atoms. The minimum Gasteiger partial charge on any atom is -0.444 e. The molecule has 2 rings (SSSR count). The van der Waals surface area contributed by atoms with E-state index in [1.54, 1.807) is 16.7 Å². The van der Waals surface area contributed by atoms with Gasteiger partial charge >= 0.3 is 6.09 Å². The fourth-order valence-electron chi connectivity index (χ4n) is 2.10. The Labute approximate surface area is 138 Å². The lowest BCUT2D eigenvalue weighted by molar-refractivity contribution is 0.0219. The summed E-state index contributed by atoms with van der Waals surface area (Å²) in [6.45, 7) is 7.18. The van der Waals surface area contributed by atoms with E-state index in [9.17, 15) is 4.79 Å². The van der Waals surface area contributed by atoms with Gasteiger partial charge in [-0.25, -0.2) is 9.78 Å². The highest BCUT2D eigenvalue weighted by atomic mass is 79.9. The van der Waals surface area contributed by atoms with Crippen LogP contribution in [0.5, 0.6) is 0 Å². The van der Waals surface area contributed by atoms with Gasteiger partial charge in [-0.15, -0.1) is 11.8 Å². The Bertz CT molecular complexity index is 497. The van der Waals surface area contributed by atoms with Crippen LogP contribution in [0.3, 0.4) is 0 Å². The summed E-state index contributed by atoms with van der Waals surface area (Å²) in [6, 6.07) is 3.92. The van der Waals surface area contributed by atoms with Gasteiger partial charge in [0.1, 0.15) is 10.6 Å². The van der Waals surface area contributed by atoms with Gasteiger partial charge < -0.3 is 9.64 Å². The molecular weight excluding hydrogens is 352 g/mol. The molecule has 0 N–H and O–H groups in total. The number of likely N-dealkylation sites (tertiary alicyclic amines) is 1. The molecule has 1 fully saturated rings. The number of amides is 1. The molecule has 0 atom stereocenters. The van der Waals surface area contributed by atoms with Gasteiger partial charge in [0.05, 0.1) is 0 Å². The molecule has 0 radical (unpaired) electrons. The van der Waals surface area contributed by atoms with Crippen molar-refractivity contribution in [1.82, 2.24) is 9.88 Å². The molecule has 0 saturated carbocycles. The van der Waals surface area contributed by atoms with E-state index >= 15 is 0 Å². The van der Waals surface area contributed by atoms with Crippen molar-refractivity contribution < 1.29 is 9.53 Å². The van der Waals surface area contributed by atoms with Crippen LogP contribution in [0.25, 0.3) is 0 Å². The minimum absolute atomic E-state index is 0.204. The summed E-state index contributed by atoms with van der Waals surface area (Å²) in [6.07, 6.45) is 3.54. The summed E-state index contributed by atoms with van der Waals surface area (Å²) in [7, 11) is 0. The fraction of sp³-hybridized carbons (Fsp3) is 0.600. The van der Waals surface area contributed by atoms with Gasteiger partial charge in [-0.1, -0.05) is 0 Å². The highest BCUT2D eigenvalue weighted by Gasteiger charge is 2.27. The van der Waals surface area contributed by atoms with Gasteiger partial charge in [-0.3, -0.25) is 0 Å². The molecule has 0 unspecified atom stereocenters. The third-order valence-electron chi connectivity index (χ3n) is 3.10. The lowest BCUT2D eigenvalue weighted by Gasteiger charge is -2.33. The topological polar surface area (TPSA) is 42.4 Å². The number of hydrogen-bond donors (Lipinski definition) is 0. The van der Waals surface area contributed by atoms with E-state index in [2.05, 4.69) is 20.9 Å². The Kier molecular flexibility index (Phi) is 5.54. The van der Waals surface area contributed by atoms with Crippen LogP contribution < -0.4 is 0 Å². The number of hydrogen-bond acceptors (Lipinski definition) is 4. The van der Waals surface area contributed by atoms with E-state index in [0.29, 0.717) is 5.25 Å². The average molecular weight is 373 g/mol. The first-order valence-corrected chi connectivity index (χ1v) is 8.77. The second-order valence-electron chi connectivity index (χ2n) is 6.07. The third-order valence-corrected chi connectivity index (χ3v) is 5.35. The molecule has 0 bridgehead atoms. The van der Waals surface area contributed by atoms with Crippen LogP contribution in [0.1, 0.15) is 33.6 Å². The van der Waals surface area contributed by atoms with Crippen molar-refractivity contribution in [1.29, 1.82) is 0 Å². The third kappa shape index (κ3) is 5.18. The normalized spacial score (nSPS) is 16.9. The van der Waals surface area contributed by atoms with Crippen LogP contribution in [0.2, 0.25) is 0 Å². The lowest BCUT2D eigenvalue weighted by Crippen LogP contribution is -2.42. The zero-order valence-electron chi connectivity index (χ0n) is 12.6. The first kappa shape index (κ1) is 16.6. The van der Waals surface area contributed by atoms with Crippen LogP contribution in [-0.4, -0.2) is 39.9 Å². The van der Waals surface area contributed by atoms with E-state index < -0.39 is 5.60 Å². The predicted molar refractivity (Wildman–Crippen MR) is 88.6 cm³/mol. The summed E-state index contributed by atoms with van der Waals surface area (Å²) in [5.74, 6) is 0. The lowest BCUT2D eigenvalue weighted by atomic mass is 10.1. The molecule has 0 aliphatic carbocycles. The monoisotopic (exact) mass is 372 g/mol. The maximum absolute atomic E-state index is 12.0. The van der Waals surface area contributed by atoms with Gasteiger partial charge in [-0.2, -0.15) is 0 Å². The number of carbonyl (C=O) groups is 1. The number of thioether (sulfide) groups is 1. The summed E-state index contributed by atoms with van der Waals surface area (Å²) in [5.41, 5.74) is -0.429. The van der Waals surface area contributed by atoms with Crippen LogP contribution in [0, 0.1) is 0 Å². The summed E-state index contributed by atoms with van der Waals surface area (Å²) < 4.78 is 6.44. The molecule has 6 heteroatoms. The van der Waals surface area contributed by atoms with Gasteiger partial charge in [0.25, 0.3) is 0 Å². The number of halogens is 1. The van der Waals surface area contributed by atoms with E-state index in [1.807, 2.05) is 39.1 Å². The van der Waals surface area contributed by atoms with Gasteiger partial charge in [0, 0.05) is 29.0 Å². The van der Waals surface area contributed by atoms with Crippen molar-refractivity contribution in [2.45, 2.75) is 49.5 Å². The molecular formula is C15H21BrN2O2S. The molecule has 1 aromatic rings. The predicted octanol–water partition coefficient (Wildman–Crippen LogP) is 4.34. The number of piperidine rings is 1. The first-order valence-electron chi connectivity index (χ1n) is 7.10. The molecule has 0 spiro atoms. The summed E-state index contributed by atoms with van der Waals surface area (Å²) in [4.78, 5) is 18.2. The van der Waals surface area contributed by atoms with Gasteiger partial charge in [-0.05, 0) is 61.7 Å². The van der Waals surface area contributed by atoms with Crippen molar-refractivity contribution in [3.63, 3.8) is 0 Å². The Balaban J connectivity index is 1.83. The Morgan fingerprint density at radius 2 is 2.10 bits per heavy atom. The Morgan fingerprint density at radius 3 is 2.67 bits per heavy atom. The number of carbonyl (C=O) groups excluding carboxylic acids is 1. The molecule has 2 heterocycles. The van der Waals surface area contributed by atoms with E-state index in [1.165, 1.54) is 0 Å². The number of pyridine rings is 1. The quantitative estimate of drug-likeness (QED) is 0.774. The summed E-state index contributed by atoms with van der Waals surface area (Å²) in [5, 5.41) is 1.52. The zero-order valence-corrected chi connectivity index (χ0v) is 15.0. The maximum atomic E-state index is 12.0. The highest BCUT2D eigenvalue weighted by Crippen LogP contribution is 2.33. The van der Waals surface area contributed by atoms with Crippen molar-refractivity contribution in [2.75, 3.05) is 13.1 Å². The Morgan fingerprint density at radius 1 is 1.43 bits per heavy atom. The average Bonchev–Trinajstić information content (AvgIpc) is 2.40. The fourth-order valence-corrected chi connectivity index (χ4v) is 3.70. The maximum Gasteiger partial charge on any atom is 0.410 e. The smallest absolute Gasteiger partial charge is 0.410 e. The number of aromatic nitrogens is 1. The number of ether oxygens (including phenoxy) is 1. The standard InChI is InChI=1S/C15H21BrN2O2S/c1-15(2,3)20-14(19)18-9-6-11(7-10-18)21-13-12(16)5-4-8-17-13/h4-5,8,11H,6-7,9-10H2,1-3H3. The first-order chi connectivity index (χ1) is 9.85. The minimum atomic E-state index is -0.429. The van der Waals surface area contributed by atoms with Crippen LogP contribution in [0.15, 0.2) is 27.8 Å². The molecule has 1 aliphatic rings.